The summed E-state index contributed by atoms with van der Waals surface area (Å²) in [6, 6.07) is 0. The van der Waals surface area contributed by atoms with Crippen molar-refractivity contribution in [2.24, 2.45) is 0 Å². The topological polar surface area (TPSA) is 86.7 Å². The zero-order chi connectivity index (χ0) is 22.7. The Balaban J connectivity index is 4.38. The first-order valence-corrected chi connectivity index (χ1v) is 9.91. The number of halogens is 10. The largest absolute Gasteiger partial charge is 0.454 e. The summed E-state index contributed by atoms with van der Waals surface area (Å²) in [6.07, 6.45) is -13.3. The molecule has 0 rings (SSSR count). The lowest BCUT2D eigenvalue weighted by molar-refractivity contribution is -0.272. The molecule has 0 aromatic rings. The minimum atomic E-state index is -6.15. The van der Waals surface area contributed by atoms with Crippen molar-refractivity contribution in [3.8, 4) is 0 Å². The van der Waals surface area contributed by atoms with E-state index in [1.807, 2.05) is 0 Å². The average Bonchev–Trinajstić information content (AvgIpc) is 2.37. The van der Waals surface area contributed by atoms with Gasteiger partial charge in [-0.1, -0.05) is 0 Å². The molecule has 0 aromatic carbocycles. The molecule has 0 saturated heterocycles. The molecule has 28 heavy (non-hydrogen) atoms. The van der Waals surface area contributed by atoms with Gasteiger partial charge in [0.2, 0.25) is 0 Å². The van der Waals surface area contributed by atoms with Gasteiger partial charge in [0, 0.05) is 0 Å². The van der Waals surface area contributed by atoms with Crippen molar-refractivity contribution < 1.29 is 69.1 Å². The summed E-state index contributed by atoms with van der Waals surface area (Å²) in [5.41, 5.74) is 0. The number of hydrogen-bond donors (Lipinski definition) is 0. The van der Waals surface area contributed by atoms with Crippen LogP contribution in [-0.4, -0.2) is 65.8 Å². The summed E-state index contributed by atoms with van der Waals surface area (Å²) in [4.78, 5) is 0. The maximum absolute atomic E-state index is 12.6. The van der Waals surface area contributed by atoms with Gasteiger partial charge in [0.1, 0.15) is 11.5 Å². The van der Waals surface area contributed by atoms with E-state index in [-0.39, 0.29) is 0 Å². The lowest BCUT2D eigenvalue weighted by atomic mass is 10.3. The van der Waals surface area contributed by atoms with Crippen molar-refractivity contribution in [2.75, 3.05) is 24.7 Å². The smallest absolute Gasteiger partial charge is 0.270 e. The van der Waals surface area contributed by atoms with Crippen LogP contribution in [0.25, 0.3) is 0 Å². The third-order valence-electron chi connectivity index (χ3n) is 2.61. The molecule has 18 heteroatoms. The van der Waals surface area contributed by atoms with Crippen molar-refractivity contribution in [2.45, 2.75) is 37.0 Å². The van der Waals surface area contributed by atoms with E-state index in [0.717, 1.165) is 0 Å². The van der Waals surface area contributed by atoms with Gasteiger partial charge in [-0.2, -0.15) is 60.7 Å². The predicted octanol–water partition coefficient (Wildman–Crippen LogP) is 2.85. The van der Waals surface area contributed by atoms with E-state index < -0.39 is 82.0 Å². The molecule has 0 saturated carbocycles. The Morgan fingerprint density at radius 3 is 1.00 bits per heavy atom. The molecule has 6 nitrogen and oxygen atoms in total. The summed E-state index contributed by atoms with van der Waals surface area (Å²) in [7, 11) is -10.7. The van der Waals surface area contributed by atoms with Gasteiger partial charge in [-0.25, -0.2) is 0 Å². The zero-order valence-corrected chi connectivity index (χ0v) is 14.9. The molecule has 170 valence electrons. The van der Waals surface area contributed by atoms with Gasteiger partial charge in [-0.3, -0.25) is 8.37 Å². The van der Waals surface area contributed by atoms with E-state index in [1.54, 1.807) is 0 Å². The molecular weight excluding hydrogens is 470 g/mol. The molecule has 0 radical (unpaired) electrons. The quantitative estimate of drug-likeness (QED) is 0.256. The standard InChI is InChI=1S/C10H12F10O6S2/c11-7(12,9(15,16)17)5-27(21,22)25-3-1-2-4-26-28(23,24)6-8(13,14)10(18,19)20/h1-6H2. The zero-order valence-electron chi connectivity index (χ0n) is 13.3. The number of alkyl halides is 10. The van der Waals surface area contributed by atoms with E-state index in [9.17, 15) is 60.7 Å². The molecule has 0 amide bonds. The Bertz CT molecular complexity index is 648. The van der Waals surface area contributed by atoms with Crippen molar-refractivity contribution >= 4 is 20.2 Å². The second-order valence-corrected chi connectivity index (χ2v) is 8.44. The lowest BCUT2D eigenvalue weighted by Crippen LogP contribution is -2.43. The lowest BCUT2D eigenvalue weighted by Gasteiger charge is -2.19. The summed E-state index contributed by atoms with van der Waals surface area (Å²) in [5, 5.41) is 0. The van der Waals surface area contributed by atoms with Crippen LogP contribution in [0, 0.1) is 0 Å². The van der Waals surface area contributed by atoms with Crippen LogP contribution in [0.3, 0.4) is 0 Å². The molecule has 0 spiro atoms. The highest BCUT2D eigenvalue weighted by atomic mass is 32.2. The van der Waals surface area contributed by atoms with E-state index in [4.69, 9.17) is 0 Å². The first-order valence-electron chi connectivity index (χ1n) is 6.75. The summed E-state index contributed by atoms with van der Waals surface area (Å²) >= 11 is 0. The highest BCUT2D eigenvalue weighted by Crippen LogP contribution is 2.37. The molecule has 0 bridgehead atoms. The fourth-order valence-electron chi connectivity index (χ4n) is 1.27. The van der Waals surface area contributed by atoms with Crippen LogP contribution in [0.2, 0.25) is 0 Å². The summed E-state index contributed by atoms with van der Waals surface area (Å²) in [5.74, 6) is -16.6. The third-order valence-corrected chi connectivity index (χ3v) is 5.09. The van der Waals surface area contributed by atoms with E-state index >= 15 is 0 Å². The van der Waals surface area contributed by atoms with Gasteiger partial charge < -0.3 is 0 Å². The van der Waals surface area contributed by atoms with Gasteiger partial charge in [-0.15, -0.1) is 0 Å². The molecule has 0 N–H and O–H groups in total. The van der Waals surface area contributed by atoms with E-state index in [0.29, 0.717) is 0 Å². The van der Waals surface area contributed by atoms with E-state index in [2.05, 4.69) is 8.37 Å². The second-order valence-electron chi connectivity index (χ2n) is 5.16. The number of hydrogen-bond acceptors (Lipinski definition) is 6. The molecule has 0 unspecified atom stereocenters. The summed E-state index contributed by atoms with van der Waals surface area (Å²) in [6.45, 7) is -2.00. The van der Waals surface area contributed by atoms with Crippen LogP contribution in [0.1, 0.15) is 12.8 Å². The van der Waals surface area contributed by atoms with Crippen LogP contribution >= 0.6 is 0 Å². The van der Waals surface area contributed by atoms with Crippen LogP contribution in [0.15, 0.2) is 0 Å². The first-order chi connectivity index (χ1) is 12.1. The Hall–Kier alpha value is -0.880. The maximum atomic E-state index is 12.6. The monoisotopic (exact) mass is 482 g/mol. The van der Waals surface area contributed by atoms with E-state index in [1.165, 1.54) is 0 Å². The fraction of sp³-hybridized carbons (Fsp3) is 1.00. The van der Waals surface area contributed by atoms with Crippen LogP contribution in [-0.2, 0) is 28.6 Å². The fourth-order valence-corrected chi connectivity index (χ4v) is 3.39. The van der Waals surface area contributed by atoms with Gasteiger partial charge >= 0.3 is 24.2 Å². The molecule has 0 atom stereocenters. The highest BCUT2D eigenvalue weighted by Gasteiger charge is 2.60. The van der Waals surface area contributed by atoms with Gasteiger partial charge in [0.05, 0.1) is 13.2 Å². The molecule has 0 heterocycles. The van der Waals surface area contributed by atoms with Crippen molar-refractivity contribution in [3.63, 3.8) is 0 Å². The first kappa shape index (κ1) is 27.1. The minimum Gasteiger partial charge on any atom is -0.270 e. The average molecular weight is 482 g/mol. The minimum absolute atomic E-state index is 0.526. The molecule has 0 aromatic heterocycles. The summed E-state index contributed by atoms with van der Waals surface area (Å²) < 4.78 is 173. The Morgan fingerprint density at radius 1 is 0.536 bits per heavy atom. The normalized spacial score (nSPS) is 15.1. The number of unbranched alkanes of at least 4 members (excludes halogenated alkanes) is 1. The van der Waals surface area contributed by atoms with Crippen LogP contribution in [0.5, 0.6) is 0 Å². The maximum Gasteiger partial charge on any atom is 0.454 e. The Labute approximate surface area is 152 Å². The van der Waals surface area contributed by atoms with Gasteiger partial charge in [-0.05, 0) is 12.8 Å². The molecule has 0 aliphatic rings. The van der Waals surface area contributed by atoms with Gasteiger partial charge in [0.15, 0.2) is 0 Å². The number of rotatable bonds is 11. The second kappa shape index (κ2) is 8.86. The van der Waals surface area contributed by atoms with Crippen molar-refractivity contribution in [1.29, 1.82) is 0 Å². The third kappa shape index (κ3) is 9.08. The van der Waals surface area contributed by atoms with Gasteiger partial charge in [0.25, 0.3) is 20.2 Å². The SMILES string of the molecule is O=S(=O)(CC(F)(F)C(F)(F)F)OCCCCOS(=O)(=O)CC(F)(F)C(F)(F)F. The molecule has 0 aliphatic heterocycles. The molecular formula is C10H12F10O6S2. The molecule has 0 aliphatic carbocycles. The van der Waals surface area contributed by atoms with Crippen LogP contribution < -0.4 is 0 Å². The van der Waals surface area contributed by atoms with Crippen molar-refractivity contribution in [3.05, 3.63) is 0 Å². The highest BCUT2D eigenvalue weighted by molar-refractivity contribution is 7.87. The predicted molar refractivity (Wildman–Crippen MR) is 70.7 cm³/mol. The Kier molecular flexibility index (Phi) is 8.59. The molecule has 0 fully saturated rings. The van der Waals surface area contributed by atoms with Crippen LogP contribution in [0.4, 0.5) is 43.9 Å². The Morgan fingerprint density at radius 2 is 0.786 bits per heavy atom. The van der Waals surface area contributed by atoms with Crippen molar-refractivity contribution in [1.82, 2.24) is 0 Å².